The molecule has 0 bridgehead atoms. The Morgan fingerprint density at radius 2 is 2.45 bits per heavy atom. The summed E-state index contributed by atoms with van der Waals surface area (Å²) in [6, 6.07) is 1.74. The fourth-order valence-electron chi connectivity index (χ4n) is 0.737. The van der Waals surface area contributed by atoms with E-state index in [1.807, 2.05) is 0 Å². The van der Waals surface area contributed by atoms with Gasteiger partial charge in [0, 0.05) is 6.54 Å². The lowest BCUT2D eigenvalue weighted by Crippen LogP contribution is -2.16. The highest BCUT2D eigenvalue weighted by molar-refractivity contribution is 6.30. The number of aliphatic hydroxyl groups is 1. The molecule has 0 amide bonds. The van der Waals surface area contributed by atoms with Crippen LogP contribution < -0.4 is 5.32 Å². The van der Waals surface area contributed by atoms with Crippen molar-refractivity contribution in [2.45, 2.75) is 6.54 Å². The van der Waals surface area contributed by atoms with Crippen LogP contribution in [0.15, 0.2) is 16.7 Å². The average molecular weight is 176 g/mol. The normalized spacial score (nSPS) is 10.4. The molecule has 0 spiro atoms. The maximum Gasteiger partial charge on any atom is 0.119 e. The standard InChI is InChI=1S/C7H10ClNO2/c8-6-3-7(11-5-6)4-9-1-2-10/h3,5,9-10H,1-2,4H2. The van der Waals surface area contributed by atoms with Crippen LogP contribution in [-0.4, -0.2) is 18.3 Å². The minimum atomic E-state index is 0.133. The summed E-state index contributed by atoms with van der Waals surface area (Å²) in [6.07, 6.45) is 1.48. The zero-order valence-corrected chi connectivity index (χ0v) is 6.77. The number of nitrogens with one attached hydrogen (secondary N) is 1. The van der Waals surface area contributed by atoms with Crippen molar-refractivity contribution in [2.75, 3.05) is 13.2 Å². The molecule has 0 aliphatic rings. The summed E-state index contributed by atoms with van der Waals surface area (Å²) in [4.78, 5) is 0. The van der Waals surface area contributed by atoms with Crippen molar-refractivity contribution < 1.29 is 9.52 Å². The van der Waals surface area contributed by atoms with Gasteiger partial charge >= 0.3 is 0 Å². The second-order valence-corrected chi connectivity index (χ2v) is 2.57. The Morgan fingerprint density at radius 1 is 1.64 bits per heavy atom. The van der Waals surface area contributed by atoms with Crippen LogP contribution in [0.25, 0.3) is 0 Å². The molecule has 0 aromatic carbocycles. The smallest absolute Gasteiger partial charge is 0.119 e. The van der Waals surface area contributed by atoms with Gasteiger partial charge in [0.25, 0.3) is 0 Å². The van der Waals surface area contributed by atoms with E-state index in [9.17, 15) is 0 Å². The van der Waals surface area contributed by atoms with Crippen molar-refractivity contribution >= 4 is 11.6 Å². The summed E-state index contributed by atoms with van der Waals surface area (Å²) in [7, 11) is 0. The molecule has 2 N–H and O–H groups in total. The Kier molecular flexibility index (Phi) is 3.42. The van der Waals surface area contributed by atoms with Gasteiger partial charge in [-0.1, -0.05) is 11.6 Å². The molecule has 1 heterocycles. The third-order valence-corrected chi connectivity index (χ3v) is 1.41. The highest BCUT2D eigenvalue weighted by atomic mass is 35.5. The first-order chi connectivity index (χ1) is 5.33. The molecule has 0 unspecified atom stereocenters. The second kappa shape index (κ2) is 4.38. The fourth-order valence-corrected chi connectivity index (χ4v) is 0.903. The molecule has 0 saturated carbocycles. The van der Waals surface area contributed by atoms with Crippen molar-refractivity contribution in [3.63, 3.8) is 0 Å². The highest BCUT2D eigenvalue weighted by Crippen LogP contribution is 2.12. The predicted octanol–water partition coefficient (Wildman–Crippen LogP) is 1.01. The first kappa shape index (κ1) is 8.59. The summed E-state index contributed by atoms with van der Waals surface area (Å²) < 4.78 is 5.03. The van der Waals surface area contributed by atoms with Crippen LogP contribution in [0.2, 0.25) is 5.02 Å². The molecule has 4 heteroatoms. The minimum absolute atomic E-state index is 0.133. The fraction of sp³-hybridized carbons (Fsp3) is 0.429. The van der Waals surface area contributed by atoms with Gasteiger partial charge in [0.05, 0.1) is 18.2 Å². The predicted molar refractivity (Wildman–Crippen MR) is 42.5 cm³/mol. The Balaban J connectivity index is 2.27. The molecule has 0 saturated heterocycles. The van der Waals surface area contributed by atoms with Gasteiger partial charge in [-0.15, -0.1) is 0 Å². The third kappa shape index (κ3) is 2.93. The van der Waals surface area contributed by atoms with Gasteiger partial charge in [0.2, 0.25) is 0 Å². The Hall–Kier alpha value is -0.510. The number of aliphatic hydroxyl groups excluding tert-OH is 1. The molecule has 0 atom stereocenters. The SMILES string of the molecule is OCCNCc1cc(Cl)co1. The van der Waals surface area contributed by atoms with E-state index in [0.29, 0.717) is 18.1 Å². The quantitative estimate of drug-likeness (QED) is 0.672. The molecule has 0 fully saturated rings. The van der Waals surface area contributed by atoms with E-state index in [1.54, 1.807) is 6.07 Å². The average Bonchev–Trinajstić information content (AvgIpc) is 2.37. The zero-order valence-electron chi connectivity index (χ0n) is 6.01. The van der Waals surface area contributed by atoms with E-state index in [0.717, 1.165) is 5.76 Å². The van der Waals surface area contributed by atoms with Crippen molar-refractivity contribution in [3.8, 4) is 0 Å². The van der Waals surface area contributed by atoms with Gasteiger partial charge < -0.3 is 14.8 Å². The highest BCUT2D eigenvalue weighted by Gasteiger charge is 1.97. The molecule has 0 aliphatic carbocycles. The molecular weight excluding hydrogens is 166 g/mol. The summed E-state index contributed by atoms with van der Waals surface area (Å²) in [6.45, 7) is 1.31. The topological polar surface area (TPSA) is 45.4 Å². The van der Waals surface area contributed by atoms with E-state index in [-0.39, 0.29) is 6.61 Å². The van der Waals surface area contributed by atoms with E-state index >= 15 is 0 Å². The van der Waals surface area contributed by atoms with Crippen LogP contribution in [0.3, 0.4) is 0 Å². The zero-order chi connectivity index (χ0) is 8.10. The molecule has 1 aromatic rings. The van der Waals surface area contributed by atoms with Gasteiger partial charge in [-0.25, -0.2) is 0 Å². The van der Waals surface area contributed by atoms with E-state index < -0.39 is 0 Å². The molecule has 1 rings (SSSR count). The lowest BCUT2D eigenvalue weighted by Gasteiger charge is -1.96. The van der Waals surface area contributed by atoms with Crippen LogP contribution in [0.5, 0.6) is 0 Å². The van der Waals surface area contributed by atoms with Crippen LogP contribution in [0, 0.1) is 0 Å². The van der Waals surface area contributed by atoms with Gasteiger partial charge in [-0.2, -0.15) is 0 Å². The number of hydrogen-bond donors (Lipinski definition) is 2. The monoisotopic (exact) mass is 175 g/mol. The molecule has 0 radical (unpaired) electrons. The van der Waals surface area contributed by atoms with Crippen molar-refractivity contribution in [1.29, 1.82) is 0 Å². The van der Waals surface area contributed by atoms with Gasteiger partial charge in [0.1, 0.15) is 12.0 Å². The number of halogens is 1. The second-order valence-electron chi connectivity index (χ2n) is 2.13. The van der Waals surface area contributed by atoms with Crippen molar-refractivity contribution in [2.24, 2.45) is 0 Å². The number of rotatable bonds is 4. The van der Waals surface area contributed by atoms with E-state index in [1.165, 1.54) is 6.26 Å². The largest absolute Gasteiger partial charge is 0.466 e. The van der Waals surface area contributed by atoms with E-state index in [2.05, 4.69) is 5.32 Å². The lowest BCUT2D eigenvalue weighted by atomic mass is 10.4. The van der Waals surface area contributed by atoms with Crippen molar-refractivity contribution in [3.05, 3.63) is 23.1 Å². The molecule has 0 aliphatic heterocycles. The minimum Gasteiger partial charge on any atom is -0.466 e. The Bertz CT molecular complexity index is 212. The molecule has 11 heavy (non-hydrogen) atoms. The van der Waals surface area contributed by atoms with Crippen LogP contribution in [0.4, 0.5) is 0 Å². The summed E-state index contributed by atoms with van der Waals surface area (Å²) in [5, 5.41) is 12.0. The van der Waals surface area contributed by atoms with Crippen LogP contribution in [-0.2, 0) is 6.54 Å². The molecular formula is C7H10ClNO2. The van der Waals surface area contributed by atoms with Gasteiger partial charge in [-0.3, -0.25) is 0 Å². The summed E-state index contributed by atoms with van der Waals surface area (Å²) in [5.41, 5.74) is 0. The first-order valence-electron chi connectivity index (χ1n) is 3.37. The molecule has 62 valence electrons. The lowest BCUT2D eigenvalue weighted by molar-refractivity contribution is 0.289. The van der Waals surface area contributed by atoms with E-state index in [4.69, 9.17) is 21.1 Å². The summed E-state index contributed by atoms with van der Waals surface area (Å²) >= 11 is 5.60. The van der Waals surface area contributed by atoms with Gasteiger partial charge in [0.15, 0.2) is 0 Å². The van der Waals surface area contributed by atoms with Crippen LogP contribution >= 0.6 is 11.6 Å². The number of hydrogen-bond acceptors (Lipinski definition) is 3. The maximum atomic E-state index is 8.43. The van der Waals surface area contributed by atoms with Crippen molar-refractivity contribution in [1.82, 2.24) is 5.32 Å². The maximum absolute atomic E-state index is 8.43. The number of furan rings is 1. The Morgan fingerprint density at radius 3 is 3.00 bits per heavy atom. The van der Waals surface area contributed by atoms with Crippen LogP contribution in [0.1, 0.15) is 5.76 Å². The molecule has 1 aromatic heterocycles. The Labute approximate surface area is 70.0 Å². The summed E-state index contributed by atoms with van der Waals surface area (Å²) in [5.74, 6) is 0.781. The third-order valence-electron chi connectivity index (χ3n) is 1.21. The first-order valence-corrected chi connectivity index (χ1v) is 3.75. The molecule has 3 nitrogen and oxygen atoms in total. The van der Waals surface area contributed by atoms with Gasteiger partial charge in [-0.05, 0) is 6.07 Å².